The highest BCUT2D eigenvalue weighted by Gasteiger charge is 2.62. The van der Waals surface area contributed by atoms with Crippen molar-refractivity contribution < 1.29 is 37.0 Å². The number of alkyl halides is 3. The van der Waals surface area contributed by atoms with Crippen molar-refractivity contribution in [3.05, 3.63) is 65.0 Å². The molecule has 10 heteroatoms. The highest BCUT2D eigenvalue weighted by atomic mass is 19.4. The van der Waals surface area contributed by atoms with Crippen LogP contribution in [0.15, 0.2) is 42.5 Å². The highest BCUT2D eigenvalue weighted by molar-refractivity contribution is 5.95. The van der Waals surface area contributed by atoms with E-state index in [1.807, 2.05) is 5.32 Å². The number of halogens is 4. The molecule has 166 valence electrons. The second-order valence-electron chi connectivity index (χ2n) is 8.00. The van der Waals surface area contributed by atoms with Gasteiger partial charge in [-0.2, -0.15) is 13.2 Å². The fraction of sp³-hybridized carbons (Fsp3) is 0.333. The molecule has 6 nitrogen and oxygen atoms in total. The number of anilines is 1. The standard InChI is InChI=1S/C21H20F4N2O4/c1-19(2,14-9-11(22)7-8-15(14)26)10-20(30,21(23,24)25)18(29)27-16-12-5-3-4-6-13(12)17(28)31-16/h3-9,16,30H,10,26H2,1-2H3,(H,27,29). The van der Waals surface area contributed by atoms with Crippen molar-refractivity contribution in [2.45, 2.75) is 43.7 Å². The lowest BCUT2D eigenvalue weighted by Crippen LogP contribution is -2.59. The number of rotatable bonds is 5. The molecular formula is C21H20F4N2O4. The van der Waals surface area contributed by atoms with Crippen molar-refractivity contribution in [2.75, 3.05) is 5.73 Å². The monoisotopic (exact) mass is 440 g/mol. The zero-order valence-corrected chi connectivity index (χ0v) is 16.6. The lowest BCUT2D eigenvalue weighted by Gasteiger charge is -2.37. The maximum absolute atomic E-state index is 13.9. The molecular weight excluding hydrogens is 420 g/mol. The van der Waals surface area contributed by atoms with E-state index in [1.54, 1.807) is 0 Å². The quantitative estimate of drug-likeness (QED) is 0.376. The molecule has 31 heavy (non-hydrogen) atoms. The summed E-state index contributed by atoms with van der Waals surface area (Å²) in [5, 5.41) is 12.5. The van der Waals surface area contributed by atoms with E-state index in [0.29, 0.717) is 0 Å². The van der Waals surface area contributed by atoms with Gasteiger partial charge in [-0.15, -0.1) is 0 Å². The van der Waals surface area contributed by atoms with E-state index in [1.165, 1.54) is 44.2 Å². The molecule has 2 unspecified atom stereocenters. The van der Waals surface area contributed by atoms with Gasteiger partial charge in [0.15, 0.2) is 0 Å². The molecule has 0 fully saturated rings. The lowest BCUT2D eigenvalue weighted by molar-refractivity contribution is -0.258. The Labute approximate surface area is 175 Å². The third-order valence-corrected chi connectivity index (χ3v) is 5.24. The number of carbonyl (C=O) groups excluding carboxylic acids is 2. The van der Waals surface area contributed by atoms with Gasteiger partial charge in [0, 0.05) is 17.7 Å². The van der Waals surface area contributed by atoms with Crippen LogP contribution in [0, 0.1) is 5.82 Å². The van der Waals surface area contributed by atoms with Gasteiger partial charge in [-0.1, -0.05) is 32.0 Å². The molecule has 4 N–H and O–H groups in total. The van der Waals surface area contributed by atoms with Crippen molar-refractivity contribution in [3.63, 3.8) is 0 Å². The zero-order chi connectivity index (χ0) is 23.2. The van der Waals surface area contributed by atoms with Crippen LogP contribution in [0.1, 0.15) is 48.0 Å². The molecule has 2 aromatic rings. The van der Waals surface area contributed by atoms with E-state index in [0.717, 1.165) is 12.1 Å². The normalized spacial score (nSPS) is 18.2. The minimum atomic E-state index is -5.39. The summed E-state index contributed by atoms with van der Waals surface area (Å²) >= 11 is 0. The molecule has 0 spiro atoms. The molecule has 2 aromatic carbocycles. The number of nitrogens with one attached hydrogen (secondary N) is 1. The van der Waals surface area contributed by atoms with E-state index in [4.69, 9.17) is 10.5 Å². The number of benzene rings is 2. The minimum absolute atomic E-state index is 0.000569. The van der Waals surface area contributed by atoms with Crippen LogP contribution >= 0.6 is 0 Å². The van der Waals surface area contributed by atoms with Crippen LogP contribution in [0.2, 0.25) is 0 Å². The average molecular weight is 440 g/mol. The number of amides is 1. The molecule has 0 aliphatic carbocycles. The Morgan fingerprint density at radius 2 is 1.84 bits per heavy atom. The van der Waals surface area contributed by atoms with E-state index in [-0.39, 0.29) is 22.4 Å². The summed E-state index contributed by atoms with van der Waals surface area (Å²) in [7, 11) is 0. The maximum atomic E-state index is 13.9. The van der Waals surface area contributed by atoms with Gasteiger partial charge >= 0.3 is 12.1 Å². The molecule has 0 bridgehead atoms. The molecule has 1 aliphatic rings. The summed E-state index contributed by atoms with van der Waals surface area (Å²) in [4.78, 5) is 24.5. The molecule has 1 heterocycles. The zero-order valence-electron chi connectivity index (χ0n) is 16.6. The van der Waals surface area contributed by atoms with Gasteiger partial charge in [0.05, 0.1) is 5.56 Å². The van der Waals surface area contributed by atoms with Gasteiger partial charge in [-0.3, -0.25) is 4.79 Å². The molecule has 0 saturated carbocycles. The number of hydrogen-bond acceptors (Lipinski definition) is 5. The maximum Gasteiger partial charge on any atom is 0.426 e. The van der Waals surface area contributed by atoms with Gasteiger partial charge < -0.3 is 20.9 Å². The van der Waals surface area contributed by atoms with Crippen LogP contribution in [0.25, 0.3) is 0 Å². The summed E-state index contributed by atoms with van der Waals surface area (Å²) in [5.74, 6) is -3.35. The number of nitrogens with two attached hydrogens (primary N) is 1. The lowest BCUT2D eigenvalue weighted by atomic mass is 9.74. The van der Waals surface area contributed by atoms with Crippen molar-refractivity contribution in [3.8, 4) is 0 Å². The summed E-state index contributed by atoms with van der Waals surface area (Å²) < 4.78 is 60.3. The Kier molecular flexibility index (Phi) is 5.47. The molecule has 0 saturated heterocycles. The van der Waals surface area contributed by atoms with Crippen LogP contribution in [0.5, 0.6) is 0 Å². The molecule has 2 atom stereocenters. The van der Waals surface area contributed by atoms with Gasteiger partial charge in [-0.05, 0) is 35.2 Å². The average Bonchev–Trinajstić information content (AvgIpc) is 2.98. The van der Waals surface area contributed by atoms with Crippen LogP contribution in [-0.2, 0) is 14.9 Å². The number of ether oxygens (including phenoxy) is 1. The van der Waals surface area contributed by atoms with Crippen molar-refractivity contribution in [1.82, 2.24) is 5.32 Å². The highest BCUT2D eigenvalue weighted by Crippen LogP contribution is 2.43. The van der Waals surface area contributed by atoms with E-state index < -0.39 is 47.5 Å². The molecule has 0 radical (unpaired) electrons. The van der Waals surface area contributed by atoms with Gasteiger partial charge in [-0.25, -0.2) is 9.18 Å². The van der Waals surface area contributed by atoms with Crippen molar-refractivity contribution in [2.24, 2.45) is 0 Å². The summed E-state index contributed by atoms with van der Waals surface area (Å²) in [5.41, 5.74) is 0.628. The Balaban J connectivity index is 1.93. The first-order valence-corrected chi connectivity index (χ1v) is 9.22. The Bertz CT molecular complexity index is 1040. The van der Waals surface area contributed by atoms with E-state index in [2.05, 4.69) is 0 Å². The first-order chi connectivity index (χ1) is 14.3. The predicted octanol–water partition coefficient (Wildman–Crippen LogP) is 3.35. The Morgan fingerprint density at radius 1 is 1.19 bits per heavy atom. The number of fused-ring (bicyclic) bond motifs is 1. The third-order valence-electron chi connectivity index (χ3n) is 5.24. The fourth-order valence-electron chi connectivity index (χ4n) is 3.65. The minimum Gasteiger partial charge on any atom is -0.434 e. The van der Waals surface area contributed by atoms with Gasteiger partial charge in [0.2, 0.25) is 11.8 Å². The fourth-order valence-corrected chi connectivity index (χ4v) is 3.65. The molecule has 1 amide bonds. The van der Waals surface area contributed by atoms with Crippen LogP contribution in [0.4, 0.5) is 23.2 Å². The molecule has 0 aromatic heterocycles. The number of carbonyl (C=O) groups is 2. The predicted molar refractivity (Wildman–Crippen MR) is 102 cm³/mol. The molecule has 3 rings (SSSR count). The number of hydrogen-bond donors (Lipinski definition) is 3. The van der Waals surface area contributed by atoms with Crippen molar-refractivity contribution >= 4 is 17.6 Å². The summed E-state index contributed by atoms with van der Waals surface area (Å²) in [6.45, 7) is 2.60. The summed E-state index contributed by atoms with van der Waals surface area (Å²) in [6.07, 6.45) is -8.04. The number of esters is 1. The Morgan fingerprint density at radius 3 is 2.48 bits per heavy atom. The van der Waals surface area contributed by atoms with Crippen molar-refractivity contribution in [1.29, 1.82) is 0 Å². The second-order valence-corrected chi connectivity index (χ2v) is 8.00. The van der Waals surface area contributed by atoms with Crippen LogP contribution in [0.3, 0.4) is 0 Å². The van der Waals surface area contributed by atoms with Gasteiger partial charge in [0.1, 0.15) is 5.82 Å². The van der Waals surface area contributed by atoms with Crippen LogP contribution < -0.4 is 11.1 Å². The topological polar surface area (TPSA) is 102 Å². The van der Waals surface area contributed by atoms with Gasteiger partial charge in [0.25, 0.3) is 5.91 Å². The largest absolute Gasteiger partial charge is 0.434 e. The third kappa shape index (κ3) is 4.07. The van der Waals surface area contributed by atoms with E-state index in [9.17, 15) is 32.3 Å². The number of aliphatic hydroxyl groups is 1. The first kappa shape index (κ1) is 22.5. The first-order valence-electron chi connectivity index (χ1n) is 9.22. The SMILES string of the molecule is CC(C)(CC(O)(C(=O)NC1OC(=O)c2ccccc21)C(F)(F)F)c1cc(F)ccc1N. The summed E-state index contributed by atoms with van der Waals surface area (Å²) in [6, 6.07) is 9.05. The Hall–Kier alpha value is -3.14. The number of nitrogen functional groups attached to an aromatic ring is 1. The smallest absolute Gasteiger partial charge is 0.426 e. The van der Waals surface area contributed by atoms with E-state index >= 15 is 0 Å². The van der Waals surface area contributed by atoms with Crippen LogP contribution in [-0.4, -0.2) is 28.8 Å². The number of cyclic esters (lactones) is 1. The molecule has 1 aliphatic heterocycles. The second kappa shape index (κ2) is 7.52.